The van der Waals surface area contributed by atoms with Gasteiger partial charge in [-0.2, -0.15) is 0 Å². The molecule has 2 unspecified atom stereocenters. The fraction of sp³-hybridized carbons (Fsp3) is 0.192. The summed E-state index contributed by atoms with van der Waals surface area (Å²) < 4.78 is 0. The molecule has 162 valence electrons. The minimum Gasteiger partial charge on any atom is -0.368 e. The maximum Gasteiger partial charge on any atom is 0.251 e. The number of hydrogen-bond donors (Lipinski definition) is 2. The van der Waals surface area contributed by atoms with Crippen molar-refractivity contribution < 1.29 is 14.4 Å². The number of benzene rings is 3. The Kier molecular flexibility index (Phi) is 6.31. The van der Waals surface area contributed by atoms with E-state index in [9.17, 15) is 14.4 Å². The Labute approximate surface area is 187 Å². The second kappa shape index (κ2) is 9.47. The van der Waals surface area contributed by atoms with Crippen molar-refractivity contribution in [1.82, 2.24) is 10.2 Å². The van der Waals surface area contributed by atoms with Crippen LogP contribution in [0, 0.1) is 0 Å². The highest BCUT2D eigenvalue weighted by molar-refractivity contribution is 5.95. The zero-order valence-electron chi connectivity index (χ0n) is 17.6. The molecule has 0 saturated carbocycles. The molecule has 0 aliphatic carbocycles. The third-order valence-corrected chi connectivity index (χ3v) is 5.82. The highest BCUT2D eigenvalue weighted by atomic mass is 16.2. The number of amides is 3. The van der Waals surface area contributed by atoms with Crippen LogP contribution in [0.5, 0.6) is 0 Å². The van der Waals surface area contributed by atoms with Gasteiger partial charge in [0.15, 0.2) is 0 Å². The van der Waals surface area contributed by atoms with Crippen LogP contribution in [-0.2, 0) is 22.6 Å². The lowest BCUT2D eigenvalue weighted by Gasteiger charge is -2.36. The topological polar surface area (TPSA) is 92.5 Å². The molecule has 0 bridgehead atoms. The minimum absolute atomic E-state index is 0.0224. The lowest BCUT2D eigenvalue weighted by Crippen LogP contribution is -2.51. The summed E-state index contributed by atoms with van der Waals surface area (Å²) in [4.78, 5) is 39.9. The van der Waals surface area contributed by atoms with Gasteiger partial charge < -0.3 is 16.0 Å². The molecular weight excluding hydrogens is 402 g/mol. The Morgan fingerprint density at radius 2 is 1.47 bits per heavy atom. The smallest absolute Gasteiger partial charge is 0.251 e. The second-order valence-corrected chi connectivity index (χ2v) is 7.92. The van der Waals surface area contributed by atoms with E-state index in [1.165, 1.54) is 4.90 Å². The highest BCUT2D eigenvalue weighted by Crippen LogP contribution is 2.26. The first kappa shape index (κ1) is 21.3. The van der Waals surface area contributed by atoms with Crippen molar-refractivity contribution in [3.63, 3.8) is 0 Å². The van der Waals surface area contributed by atoms with Gasteiger partial charge in [0, 0.05) is 18.5 Å². The predicted molar refractivity (Wildman–Crippen MR) is 121 cm³/mol. The lowest BCUT2D eigenvalue weighted by molar-refractivity contribution is -0.141. The molecule has 6 nitrogen and oxygen atoms in total. The first-order valence-electron chi connectivity index (χ1n) is 10.6. The molecule has 2 atom stereocenters. The molecule has 0 aromatic heterocycles. The summed E-state index contributed by atoms with van der Waals surface area (Å²) in [5.74, 6) is -1.02. The normalized spacial score (nSPS) is 16.0. The van der Waals surface area contributed by atoms with E-state index in [1.54, 1.807) is 24.3 Å². The van der Waals surface area contributed by atoms with E-state index in [1.807, 2.05) is 60.7 Å². The molecule has 3 aromatic rings. The monoisotopic (exact) mass is 427 g/mol. The summed E-state index contributed by atoms with van der Waals surface area (Å²) in [6.45, 7) is 0.316. The molecule has 6 heteroatoms. The van der Waals surface area contributed by atoms with Gasteiger partial charge in [-0.15, -0.1) is 0 Å². The van der Waals surface area contributed by atoms with Crippen LogP contribution in [0.4, 0.5) is 0 Å². The Balaban J connectivity index is 1.58. The molecular formula is C26H25N3O3. The molecule has 1 aliphatic heterocycles. The molecule has 4 rings (SSSR count). The minimum atomic E-state index is -0.710. The number of nitrogens with two attached hydrogens (primary N) is 1. The number of hydrogen-bond acceptors (Lipinski definition) is 3. The van der Waals surface area contributed by atoms with E-state index in [4.69, 9.17) is 5.73 Å². The summed E-state index contributed by atoms with van der Waals surface area (Å²) in [5.41, 5.74) is 9.01. The maximum absolute atomic E-state index is 13.4. The van der Waals surface area contributed by atoms with Crippen molar-refractivity contribution >= 4 is 17.7 Å². The molecule has 0 saturated heterocycles. The fourth-order valence-corrected chi connectivity index (χ4v) is 4.10. The number of carbonyl (C=O) groups excluding carboxylic acids is 3. The molecule has 0 fully saturated rings. The molecule has 3 aromatic carbocycles. The first-order valence-corrected chi connectivity index (χ1v) is 10.6. The van der Waals surface area contributed by atoms with E-state index < -0.39 is 18.0 Å². The van der Waals surface area contributed by atoms with Gasteiger partial charge in [0.1, 0.15) is 6.04 Å². The van der Waals surface area contributed by atoms with E-state index >= 15 is 0 Å². The summed E-state index contributed by atoms with van der Waals surface area (Å²) in [7, 11) is 0. The van der Waals surface area contributed by atoms with Crippen LogP contribution in [0.3, 0.4) is 0 Å². The fourth-order valence-electron chi connectivity index (χ4n) is 4.10. The van der Waals surface area contributed by atoms with Crippen LogP contribution in [0.25, 0.3) is 0 Å². The predicted octanol–water partition coefficient (Wildman–Crippen LogP) is 2.99. The third-order valence-electron chi connectivity index (χ3n) is 5.82. The quantitative estimate of drug-likeness (QED) is 0.633. The Morgan fingerprint density at radius 3 is 2.12 bits per heavy atom. The van der Waals surface area contributed by atoms with Crippen LogP contribution in [0.2, 0.25) is 0 Å². The Hall–Kier alpha value is -3.93. The van der Waals surface area contributed by atoms with Gasteiger partial charge in [0.05, 0.1) is 12.5 Å². The Morgan fingerprint density at radius 1 is 0.875 bits per heavy atom. The number of nitrogens with zero attached hydrogens (tertiary/aromatic N) is 1. The van der Waals surface area contributed by atoms with E-state index in [0.717, 1.165) is 16.7 Å². The van der Waals surface area contributed by atoms with E-state index in [2.05, 4.69) is 5.32 Å². The van der Waals surface area contributed by atoms with Crippen molar-refractivity contribution in [1.29, 1.82) is 0 Å². The van der Waals surface area contributed by atoms with Crippen LogP contribution in [0.1, 0.15) is 39.5 Å². The number of primary amides is 1. The van der Waals surface area contributed by atoms with Gasteiger partial charge in [-0.1, -0.05) is 72.8 Å². The van der Waals surface area contributed by atoms with Crippen LogP contribution in [-0.4, -0.2) is 28.7 Å². The molecule has 3 N–H and O–H groups in total. The second-order valence-electron chi connectivity index (χ2n) is 7.92. The van der Waals surface area contributed by atoms with Gasteiger partial charge in [-0.3, -0.25) is 14.4 Å². The van der Waals surface area contributed by atoms with Gasteiger partial charge >= 0.3 is 0 Å². The average Bonchev–Trinajstić information content (AvgIpc) is 2.83. The number of rotatable bonds is 6. The number of fused-ring (bicyclic) bond motifs is 1. The zero-order valence-corrected chi connectivity index (χ0v) is 17.6. The molecule has 32 heavy (non-hydrogen) atoms. The van der Waals surface area contributed by atoms with Gasteiger partial charge in [-0.25, -0.2) is 0 Å². The van der Waals surface area contributed by atoms with Gasteiger partial charge in [0.2, 0.25) is 11.8 Å². The molecule has 0 radical (unpaired) electrons. The van der Waals surface area contributed by atoms with Crippen molar-refractivity contribution in [2.45, 2.75) is 31.5 Å². The lowest BCUT2D eigenvalue weighted by atomic mass is 9.92. The van der Waals surface area contributed by atoms with Crippen LogP contribution >= 0.6 is 0 Å². The van der Waals surface area contributed by atoms with E-state index in [0.29, 0.717) is 18.5 Å². The third kappa shape index (κ3) is 4.70. The van der Waals surface area contributed by atoms with Crippen molar-refractivity contribution in [3.05, 3.63) is 107 Å². The molecule has 1 heterocycles. The van der Waals surface area contributed by atoms with Gasteiger partial charge in [0.25, 0.3) is 5.91 Å². The summed E-state index contributed by atoms with van der Waals surface area (Å²) in [5, 5.41) is 2.98. The number of carbonyl (C=O) groups is 3. The molecule has 0 spiro atoms. The number of nitrogens with one attached hydrogen (secondary N) is 1. The van der Waals surface area contributed by atoms with Crippen molar-refractivity contribution in [3.8, 4) is 0 Å². The SMILES string of the molecule is NC(=O)C1Cc2ccccc2CN1C(=O)CC(NC(=O)c1ccccc1)c1ccccc1. The van der Waals surface area contributed by atoms with Crippen LogP contribution in [0.15, 0.2) is 84.9 Å². The standard InChI is InChI=1S/C26H25N3O3/c27-25(31)23-15-20-13-7-8-14-21(20)17-29(23)24(30)16-22(18-9-3-1-4-10-18)28-26(32)19-11-5-2-6-12-19/h1-14,22-23H,15-17H2,(H2,27,31)(H,28,32). The largest absolute Gasteiger partial charge is 0.368 e. The first-order chi connectivity index (χ1) is 15.5. The van der Waals surface area contributed by atoms with E-state index in [-0.39, 0.29) is 18.2 Å². The maximum atomic E-state index is 13.4. The van der Waals surface area contributed by atoms with Crippen molar-refractivity contribution in [2.24, 2.45) is 5.73 Å². The average molecular weight is 428 g/mol. The summed E-state index contributed by atoms with van der Waals surface area (Å²) in [6.07, 6.45) is 0.415. The van der Waals surface area contributed by atoms with Crippen LogP contribution < -0.4 is 11.1 Å². The highest BCUT2D eigenvalue weighted by Gasteiger charge is 2.34. The zero-order chi connectivity index (χ0) is 22.5. The molecule has 3 amide bonds. The van der Waals surface area contributed by atoms with Gasteiger partial charge in [-0.05, 0) is 28.8 Å². The Bertz CT molecular complexity index is 1120. The summed E-state index contributed by atoms with van der Waals surface area (Å²) >= 11 is 0. The molecule has 1 aliphatic rings. The summed E-state index contributed by atoms with van der Waals surface area (Å²) in [6, 6.07) is 24.7. The van der Waals surface area contributed by atoms with Crippen molar-refractivity contribution in [2.75, 3.05) is 0 Å².